The molecule has 0 atom stereocenters. The third kappa shape index (κ3) is 3.79. The zero-order valence-corrected chi connectivity index (χ0v) is 21.4. The molecule has 0 N–H and O–H groups in total. The van der Waals surface area contributed by atoms with Crippen molar-refractivity contribution < 1.29 is 18.3 Å². The Labute approximate surface area is 212 Å². The van der Waals surface area contributed by atoms with Gasteiger partial charge in [-0.25, -0.2) is 4.79 Å². The van der Waals surface area contributed by atoms with E-state index in [1.165, 1.54) is 6.08 Å². The van der Waals surface area contributed by atoms with Crippen molar-refractivity contribution in [2.45, 2.75) is 51.6 Å². The number of carbonyl (C=O) groups is 1. The van der Waals surface area contributed by atoms with E-state index in [2.05, 4.69) is 4.98 Å². The number of ether oxygens (including phenoxy) is 1. The van der Waals surface area contributed by atoms with Crippen LogP contribution in [0, 0.1) is 0 Å². The summed E-state index contributed by atoms with van der Waals surface area (Å²) in [5, 5.41) is 0.568. The number of amides is 1. The van der Waals surface area contributed by atoms with Gasteiger partial charge < -0.3 is 4.74 Å². The van der Waals surface area contributed by atoms with E-state index in [0.29, 0.717) is 22.6 Å². The number of rotatable bonds is 1. The van der Waals surface area contributed by atoms with E-state index >= 15 is 8.78 Å². The van der Waals surface area contributed by atoms with Crippen LogP contribution in [0.3, 0.4) is 0 Å². The van der Waals surface area contributed by atoms with Crippen LogP contribution in [-0.4, -0.2) is 45.2 Å². The maximum absolute atomic E-state index is 15.4. The van der Waals surface area contributed by atoms with Gasteiger partial charge in [-0.2, -0.15) is 13.8 Å². The molecule has 9 heteroatoms. The van der Waals surface area contributed by atoms with Crippen LogP contribution in [0.5, 0.6) is 0 Å². The van der Waals surface area contributed by atoms with Gasteiger partial charge in [-0.05, 0) is 63.9 Å². The number of halogens is 3. The van der Waals surface area contributed by atoms with Gasteiger partial charge in [-0.15, -0.1) is 0 Å². The Morgan fingerprint density at radius 1 is 1.17 bits per heavy atom. The molecule has 2 aliphatic heterocycles. The minimum absolute atomic E-state index is 0.00573. The first-order valence-electron chi connectivity index (χ1n) is 11.6. The zero-order valence-electron chi connectivity index (χ0n) is 20.7. The van der Waals surface area contributed by atoms with E-state index in [1.54, 1.807) is 57.2 Å². The van der Waals surface area contributed by atoms with Crippen molar-refractivity contribution in [2.24, 2.45) is 0 Å². The number of fused-ring (bicyclic) bond motifs is 5. The van der Waals surface area contributed by atoms with E-state index in [4.69, 9.17) is 16.3 Å². The number of benzene rings is 2. The van der Waals surface area contributed by atoms with E-state index in [9.17, 15) is 9.59 Å². The maximum Gasteiger partial charge on any atom is 0.410 e. The van der Waals surface area contributed by atoms with Crippen LogP contribution < -0.4 is 5.56 Å². The second kappa shape index (κ2) is 7.87. The molecule has 0 aliphatic carbocycles. The molecule has 0 saturated carbocycles. The summed E-state index contributed by atoms with van der Waals surface area (Å²) in [5.74, 6) is -2.76. The number of hydrogen-bond acceptors (Lipinski definition) is 4. The van der Waals surface area contributed by atoms with Crippen molar-refractivity contribution in [3.8, 4) is 5.69 Å². The lowest BCUT2D eigenvalue weighted by Crippen LogP contribution is -2.46. The SMILES string of the molecule is CC(C)(C)OC(=O)N1CC=C(c2ccc3c(c2)-n2c(nc(=O)c4c(Cl)cccc42)C3(C)C)C(F)(F)C1. The van der Waals surface area contributed by atoms with Crippen molar-refractivity contribution in [1.29, 1.82) is 0 Å². The maximum atomic E-state index is 15.4. The molecule has 3 heterocycles. The Bertz CT molecular complexity index is 1520. The first-order valence-corrected chi connectivity index (χ1v) is 12.0. The van der Waals surface area contributed by atoms with Crippen LogP contribution in [0.15, 0.2) is 47.3 Å². The molecule has 0 saturated heterocycles. The van der Waals surface area contributed by atoms with Gasteiger partial charge >= 0.3 is 6.09 Å². The molecule has 0 bridgehead atoms. The van der Waals surface area contributed by atoms with Gasteiger partial charge in [0, 0.05) is 12.1 Å². The van der Waals surface area contributed by atoms with Crippen LogP contribution in [0.25, 0.3) is 22.2 Å². The Morgan fingerprint density at radius 2 is 1.89 bits per heavy atom. The number of aromatic nitrogens is 2. The second-order valence-corrected chi connectivity index (χ2v) is 11.2. The van der Waals surface area contributed by atoms with Gasteiger partial charge in [0.25, 0.3) is 11.5 Å². The van der Waals surface area contributed by atoms with Crippen LogP contribution in [0.2, 0.25) is 5.02 Å². The minimum Gasteiger partial charge on any atom is -0.444 e. The Kier molecular flexibility index (Phi) is 5.34. The standard InChI is InChI=1S/C27H26ClF2N3O3/c1-25(2,3)36-24(35)32-12-11-16(27(29,30)14-32)15-9-10-17-20(13-15)33-19-8-6-7-18(28)21(19)22(34)31-23(33)26(17,4)5/h6-11,13H,12,14H2,1-5H3. The summed E-state index contributed by atoms with van der Waals surface area (Å²) >= 11 is 6.33. The average Bonchev–Trinajstić information content (AvgIpc) is 2.98. The van der Waals surface area contributed by atoms with Crippen LogP contribution in [0.4, 0.5) is 13.6 Å². The van der Waals surface area contributed by atoms with Gasteiger partial charge in [0.1, 0.15) is 11.4 Å². The molecule has 3 aromatic rings. The van der Waals surface area contributed by atoms with Crippen molar-refractivity contribution in [3.63, 3.8) is 0 Å². The zero-order chi connectivity index (χ0) is 26.2. The molecule has 1 aromatic heterocycles. The first kappa shape index (κ1) is 24.4. The Morgan fingerprint density at radius 3 is 2.56 bits per heavy atom. The summed E-state index contributed by atoms with van der Waals surface area (Å²) in [6, 6.07) is 10.3. The van der Waals surface area contributed by atoms with Crippen molar-refractivity contribution >= 4 is 34.2 Å². The van der Waals surface area contributed by atoms with Crippen LogP contribution in [0.1, 0.15) is 51.6 Å². The summed E-state index contributed by atoms with van der Waals surface area (Å²) in [6.45, 7) is 8.19. The molecule has 2 aromatic carbocycles. The van der Waals surface area contributed by atoms with Crippen molar-refractivity contribution in [1.82, 2.24) is 14.5 Å². The molecule has 6 nitrogen and oxygen atoms in total. The number of hydrogen-bond donors (Lipinski definition) is 0. The predicted molar refractivity (Wildman–Crippen MR) is 135 cm³/mol. The minimum atomic E-state index is -3.28. The smallest absolute Gasteiger partial charge is 0.410 e. The highest BCUT2D eigenvalue weighted by Crippen LogP contribution is 2.45. The molecule has 188 valence electrons. The lowest BCUT2D eigenvalue weighted by molar-refractivity contribution is -0.0105. The fourth-order valence-corrected chi connectivity index (χ4v) is 5.21. The quantitative estimate of drug-likeness (QED) is 0.403. The third-order valence-electron chi connectivity index (χ3n) is 6.60. The Balaban J connectivity index is 1.62. The molecule has 36 heavy (non-hydrogen) atoms. The Hall–Kier alpha value is -3.26. The number of nitrogens with zero attached hydrogens (tertiary/aromatic N) is 3. The van der Waals surface area contributed by atoms with Crippen molar-refractivity contribution in [2.75, 3.05) is 13.1 Å². The second-order valence-electron chi connectivity index (χ2n) is 10.7. The van der Waals surface area contributed by atoms with Gasteiger partial charge in [0.2, 0.25) is 0 Å². The highest BCUT2D eigenvalue weighted by Gasteiger charge is 2.44. The van der Waals surface area contributed by atoms with Crippen LogP contribution in [-0.2, 0) is 10.2 Å². The fourth-order valence-electron chi connectivity index (χ4n) is 4.96. The normalized spacial score (nSPS) is 18.0. The molecular formula is C27H26ClF2N3O3. The molecule has 1 amide bonds. The molecule has 0 spiro atoms. The number of alkyl halides is 2. The lowest BCUT2D eigenvalue weighted by atomic mass is 9.84. The monoisotopic (exact) mass is 513 g/mol. The summed E-state index contributed by atoms with van der Waals surface area (Å²) < 4.78 is 37.8. The van der Waals surface area contributed by atoms with E-state index in [1.807, 2.05) is 18.4 Å². The lowest BCUT2D eigenvalue weighted by Gasteiger charge is -2.34. The third-order valence-corrected chi connectivity index (χ3v) is 6.91. The molecule has 0 fully saturated rings. The van der Waals surface area contributed by atoms with Gasteiger partial charge in [-0.1, -0.05) is 35.9 Å². The van der Waals surface area contributed by atoms with E-state index < -0.39 is 35.1 Å². The molecule has 0 unspecified atom stereocenters. The summed E-state index contributed by atoms with van der Waals surface area (Å²) in [4.78, 5) is 30.5. The fraction of sp³-hybridized carbons (Fsp3) is 0.370. The molecule has 0 radical (unpaired) electrons. The highest BCUT2D eigenvalue weighted by atomic mass is 35.5. The van der Waals surface area contributed by atoms with E-state index in [0.717, 1.165) is 10.5 Å². The van der Waals surface area contributed by atoms with Gasteiger partial charge in [0.15, 0.2) is 0 Å². The summed E-state index contributed by atoms with van der Waals surface area (Å²) in [7, 11) is 0. The largest absolute Gasteiger partial charge is 0.444 e. The number of carbonyl (C=O) groups excluding carboxylic acids is 1. The predicted octanol–water partition coefficient (Wildman–Crippen LogP) is 5.95. The molecule has 2 aliphatic rings. The first-order chi connectivity index (χ1) is 16.7. The van der Waals surface area contributed by atoms with Crippen molar-refractivity contribution in [3.05, 3.63) is 74.8 Å². The summed E-state index contributed by atoms with van der Waals surface area (Å²) in [6.07, 6.45) is 0.593. The summed E-state index contributed by atoms with van der Waals surface area (Å²) in [5.41, 5.74) is 0.443. The topological polar surface area (TPSA) is 64.4 Å². The van der Waals surface area contributed by atoms with E-state index in [-0.39, 0.29) is 22.5 Å². The van der Waals surface area contributed by atoms with Gasteiger partial charge in [-0.3, -0.25) is 14.3 Å². The molecular weight excluding hydrogens is 488 g/mol. The van der Waals surface area contributed by atoms with Crippen LogP contribution >= 0.6 is 11.6 Å². The van der Waals surface area contributed by atoms with Gasteiger partial charge in [0.05, 0.1) is 33.6 Å². The average molecular weight is 514 g/mol. The highest BCUT2D eigenvalue weighted by molar-refractivity contribution is 6.35. The molecule has 5 rings (SSSR count).